The first-order chi connectivity index (χ1) is 14.4. The van der Waals surface area contributed by atoms with Crippen LogP contribution in [0.25, 0.3) is 0 Å². The first-order valence-corrected chi connectivity index (χ1v) is 10.3. The Bertz CT molecular complexity index is 893. The molecular formula is C24H30N2O4. The maximum Gasteiger partial charge on any atom is 0.229 e. The van der Waals surface area contributed by atoms with E-state index >= 15 is 0 Å². The van der Waals surface area contributed by atoms with Gasteiger partial charge in [0.05, 0.1) is 20.1 Å². The zero-order chi connectivity index (χ0) is 21.7. The van der Waals surface area contributed by atoms with Crippen LogP contribution in [0.4, 0.5) is 5.69 Å². The van der Waals surface area contributed by atoms with Crippen molar-refractivity contribution in [2.45, 2.75) is 32.6 Å². The van der Waals surface area contributed by atoms with Crippen molar-refractivity contribution in [1.82, 2.24) is 4.90 Å². The predicted octanol–water partition coefficient (Wildman–Crippen LogP) is 3.86. The zero-order valence-electron chi connectivity index (χ0n) is 18.1. The molecular weight excluding hydrogens is 380 g/mol. The highest BCUT2D eigenvalue weighted by Crippen LogP contribution is 2.28. The van der Waals surface area contributed by atoms with E-state index in [1.165, 1.54) is 5.56 Å². The lowest BCUT2D eigenvalue weighted by Gasteiger charge is -2.17. The molecule has 6 heteroatoms. The molecule has 1 aliphatic rings. The molecule has 6 nitrogen and oxygen atoms in total. The van der Waals surface area contributed by atoms with Crippen molar-refractivity contribution in [3.05, 3.63) is 53.6 Å². The Balaban J connectivity index is 1.55. The second-order valence-corrected chi connectivity index (χ2v) is 7.95. The molecule has 0 aliphatic carbocycles. The van der Waals surface area contributed by atoms with Gasteiger partial charge in [-0.25, -0.2) is 0 Å². The van der Waals surface area contributed by atoms with Gasteiger partial charge in [0.1, 0.15) is 0 Å². The van der Waals surface area contributed by atoms with Gasteiger partial charge < -0.3 is 19.7 Å². The van der Waals surface area contributed by atoms with Crippen LogP contribution in [0.5, 0.6) is 11.5 Å². The molecule has 0 bridgehead atoms. The fraction of sp³-hybridized carbons (Fsp3) is 0.417. The Morgan fingerprint density at radius 2 is 1.80 bits per heavy atom. The molecule has 2 amide bonds. The smallest absolute Gasteiger partial charge is 0.229 e. The number of amides is 2. The number of benzene rings is 2. The monoisotopic (exact) mass is 410 g/mol. The summed E-state index contributed by atoms with van der Waals surface area (Å²) < 4.78 is 10.6. The van der Waals surface area contributed by atoms with Crippen LogP contribution in [0.3, 0.4) is 0 Å². The largest absolute Gasteiger partial charge is 0.493 e. The van der Waals surface area contributed by atoms with Crippen LogP contribution in [0.1, 0.15) is 37.3 Å². The average Bonchev–Trinajstić information content (AvgIpc) is 3.13. The summed E-state index contributed by atoms with van der Waals surface area (Å²) in [6, 6.07) is 13.6. The third-order valence-electron chi connectivity index (χ3n) is 5.55. The summed E-state index contributed by atoms with van der Waals surface area (Å²) in [4.78, 5) is 26.8. The van der Waals surface area contributed by atoms with Crippen molar-refractivity contribution < 1.29 is 19.1 Å². The maximum absolute atomic E-state index is 12.6. The number of nitrogens with one attached hydrogen (secondary N) is 1. The van der Waals surface area contributed by atoms with Gasteiger partial charge in [0.15, 0.2) is 11.5 Å². The molecule has 2 aromatic carbocycles. The van der Waals surface area contributed by atoms with Crippen molar-refractivity contribution in [3.8, 4) is 11.5 Å². The van der Waals surface area contributed by atoms with Crippen LogP contribution in [0.15, 0.2) is 42.5 Å². The number of rotatable bonds is 8. The van der Waals surface area contributed by atoms with Crippen molar-refractivity contribution in [2.24, 2.45) is 5.92 Å². The summed E-state index contributed by atoms with van der Waals surface area (Å²) >= 11 is 0. The minimum absolute atomic E-state index is 0.0192. The number of carbonyl (C=O) groups is 2. The summed E-state index contributed by atoms with van der Waals surface area (Å²) in [6.07, 6.45) is 0.943. The molecule has 1 N–H and O–H groups in total. The lowest BCUT2D eigenvalue weighted by Crippen LogP contribution is -2.30. The standard InChI is InChI=1S/C24H30N2O4/c1-16(2)18-6-8-20(9-7-18)25-24(28)19-14-23(27)26(15-19)12-11-17-5-10-21(29-3)22(13-17)30-4/h5-10,13,16,19H,11-12,14-15H2,1-4H3,(H,25,28). The minimum atomic E-state index is -0.326. The van der Waals surface area contributed by atoms with Crippen molar-refractivity contribution in [1.29, 1.82) is 0 Å². The molecule has 30 heavy (non-hydrogen) atoms. The van der Waals surface area contributed by atoms with Crippen molar-refractivity contribution >= 4 is 17.5 Å². The van der Waals surface area contributed by atoms with Gasteiger partial charge in [-0.15, -0.1) is 0 Å². The van der Waals surface area contributed by atoms with Gasteiger partial charge in [0, 0.05) is 25.2 Å². The van der Waals surface area contributed by atoms with E-state index in [-0.39, 0.29) is 24.2 Å². The third-order valence-corrected chi connectivity index (χ3v) is 5.55. The Kier molecular flexibility index (Phi) is 6.98. The van der Waals surface area contributed by atoms with Gasteiger partial charge >= 0.3 is 0 Å². The molecule has 1 aliphatic heterocycles. The van der Waals surface area contributed by atoms with E-state index in [0.29, 0.717) is 36.9 Å². The molecule has 3 rings (SSSR count). The van der Waals surface area contributed by atoms with E-state index in [1.807, 2.05) is 42.5 Å². The lowest BCUT2D eigenvalue weighted by atomic mass is 10.0. The van der Waals surface area contributed by atoms with Crippen LogP contribution in [0, 0.1) is 5.92 Å². The molecule has 2 aromatic rings. The molecule has 0 saturated carbocycles. The topological polar surface area (TPSA) is 67.9 Å². The number of carbonyl (C=O) groups excluding carboxylic acids is 2. The van der Waals surface area contributed by atoms with E-state index in [0.717, 1.165) is 11.3 Å². The highest BCUT2D eigenvalue weighted by Gasteiger charge is 2.34. The SMILES string of the molecule is COc1ccc(CCN2CC(C(=O)Nc3ccc(C(C)C)cc3)CC2=O)cc1OC. The summed E-state index contributed by atoms with van der Waals surface area (Å²) in [5.41, 5.74) is 3.05. The number of nitrogens with zero attached hydrogens (tertiary/aromatic N) is 1. The lowest BCUT2D eigenvalue weighted by molar-refractivity contribution is -0.128. The van der Waals surface area contributed by atoms with E-state index in [4.69, 9.17) is 9.47 Å². The first-order valence-electron chi connectivity index (χ1n) is 10.3. The van der Waals surface area contributed by atoms with Crippen LogP contribution in [0.2, 0.25) is 0 Å². The van der Waals surface area contributed by atoms with Gasteiger partial charge in [-0.3, -0.25) is 9.59 Å². The number of likely N-dealkylation sites (tertiary alicyclic amines) is 1. The van der Waals surface area contributed by atoms with Gasteiger partial charge in [0.2, 0.25) is 11.8 Å². The molecule has 1 saturated heterocycles. The maximum atomic E-state index is 12.6. The van der Waals surface area contributed by atoms with Gasteiger partial charge in [-0.05, 0) is 47.7 Å². The Labute approximate surface area is 178 Å². The summed E-state index contributed by atoms with van der Waals surface area (Å²) in [6.45, 7) is 5.28. The van der Waals surface area contributed by atoms with Crippen LogP contribution >= 0.6 is 0 Å². The van der Waals surface area contributed by atoms with E-state index < -0.39 is 0 Å². The Morgan fingerprint density at radius 1 is 1.10 bits per heavy atom. The summed E-state index contributed by atoms with van der Waals surface area (Å²) in [7, 11) is 3.20. The number of anilines is 1. The number of hydrogen-bond acceptors (Lipinski definition) is 4. The van der Waals surface area contributed by atoms with Gasteiger partial charge in [-0.2, -0.15) is 0 Å². The first kappa shape index (κ1) is 21.7. The molecule has 0 spiro atoms. The number of methoxy groups -OCH3 is 2. The minimum Gasteiger partial charge on any atom is -0.493 e. The number of hydrogen-bond donors (Lipinski definition) is 1. The summed E-state index contributed by atoms with van der Waals surface area (Å²) in [5.74, 6) is 1.38. The second kappa shape index (κ2) is 9.65. The van der Waals surface area contributed by atoms with E-state index in [1.54, 1.807) is 19.1 Å². The van der Waals surface area contributed by atoms with Gasteiger partial charge in [0.25, 0.3) is 0 Å². The highest BCUT2D eigenvalue weighted by atomic mass is 16.5. The highest BCUT2D eigenvalue weighted by molar-refractivity contribution is 5.97. The molecule has 1 fully saturated rings. The van der Waals surface area contributed by atoms with Crippen molar-refractivity contribution in [3.63, 3.8) is 0 Å². The van der Waals surface area contributed by atoms with Crippen molar-refractivity contribution in [2.75, 3.05) is 32.6 Å². The Morgan fingerprint density at radius 3 is 2.43 bits per heavy atom. The van der Waals surface area contributed by atoms with Crippen LogP contribution < -0.4 is 14.8 Å². The van der Waals surface area contributed by atoms with E-state index in [2.05, 4.69) is 19.2 Å². The van der Waals surface area contributed by atoms with Crippen LogP contribution in [-0.4, -0.2) is 44.0 Å². The average molecular weight is 411 g/mol. The quantitative estimate of drug-likeness (QED) is 0.718. The fourth-order valence-corrected chi connectivity index (χ4v) is 3.66. The van der Waals surface area contributed by atoms with Crippen LogP contribution in [-0.2, 0) is 16.0 Å². The normalized spacial score (nSPS) is 16.1. The second-order valence-electron chi connectivity index (χ2n) is 7.95. The summed E-state index contributed by atoms with van der Waals surface area (Å²) in [5, 5.41) is 2.94. The fourth-order valence-electron chi connectivity index (χ4n) is 3.66. The van der Waals surface area contributed by atoms with Gasteiger partial charge in [-0.1, -0.05) is 32.0 Å². The third kappa shape index (κ3) is 5.12. The Hall–Kier alpha value is -3.02. The molecule has 0 radical (unpaired) electrons. The molecule has 160 valence electrons. The molecule has 1 unspecified atom stereocenters. The zero-order valence-corrected chi connectivity index (χ0v) is 18.1. The predicted molar refractivity (Wildman–Crippen MR) is 117 cm³/mol. The molecule has 1 heterocycles. The molecule has 1 atom stereocenters. The van der Waals surface area contributed by atoms with E-state index in [9.17, 15) is 9.59 Å². The number of ether oxygens (including phenoxy) is 2. The molecule has 0 aromatic heterocycles.